The third kappa shape index (κ3) is 4.13. The first-order chi connectivity index (χ1) is 9.78. The summed E-state index contributed by atoms with van der Waals surface area (Å²) in [5.74, 6) is 0.171. The summed E-state index contributed by atoms with van der Waals surface area (Å²) < 4.78 is 25.0. The second-order valence-corrected chi connectivity index (χ2v) is 7.25. The van der Waals surface area contributed by atoms with Gasteiger partial charge >= 0.3 is 0 Å². The predicted octanol–water partition coefficient (Wildman–Crippen LogP) is 2.81. The number of rotatable bonds is 4. The minimum atomic E-state index is -3.83. The van der Waals surface area contributed by atoms with Crippen molar-refractivity contribution in [2.75, 3.05) is 5.43 Å². The monoisotopic (exact) mass is 390 g/mol. The molecule has 2 rings (SSSR count). The Morgan fingerprint density at radius 3 is 2.33 bits per heavy atom. The quantitative estimate of drug-likeness (QED) is 0.783. The van der Waals surface area contributed by atoms with Crippen molar-refractivity contribution in [1.29, 1.82) is 0 Å². The summed E-state index contributed by atoms with van der Waals surface area (Å²) >= 11 is 9.16. The number of aryl methyl sites for hydroxylation is 2. The molecule has 0 fully saturated rings. The summed E-state index contributed by atoms with van der Waals surface area (Å²) in [5, 5.41) is 0.111. The molecule has 1 aromatic heterocycles. The first-order valence-corrected chi connectivity index (χ1v) is 8.48. The zero-order chi connectivity index (χ0) is 15.6. The van der Waals surface area contributed by atoms with Gasteiger partial charge in [0.15, 0.2) is 0 Å². The number of nitrogens with one attached hydrogen (secondary N) is 2. The minimum absolute atomic E-state index is 0.0377. The summed E-state index contributed by atoms with van der Waals surface area (Å²) in [7, 11) is -3.83. The van der Waals surface area contributed by atoms with Crippen LogP contribution >= 0.6 is 27.5 Å². The molecule has 0 atom stereocenters. The highest BCUT2D eigenvalue weighted by molar-refractivity contribution is 9.10. The molecule has 0 bridgehead atoms. The Balaban J connectivity index is 2.21. The van der Waals surface area contributed by atoms with Gasteiger partial charge in [0.1, 0.15) is 4.90 Å². The molecule has 0 unspecified atom stereocenters. The zero-order valence-corrected chi connectivity index (χ0v) is 14.3. The van der Waals surface area contributed by atoms with Crippen LogP contribution < -0.4 is 10.3 Å². The van der Waals surface area contributed by atoms with Crippen LogP contribution in [0.1, 0.15) is 11.4 Å². The lowest BCUT2D eigenvalue weighted by molar-refractivity contribution is 0.587. The number of halogens is 2. The topological polar surface area (TPSA) is 84.0 Å². The van der Waals surface area contributed by atoms with Gasteiger partial charge in [-0.2, -0.15) is 0 Å². The van der Waals surface area contributed by atoms with Crippen LogP contribution in [0.25, 0.3) is 0 Å². The van der Waals surface area contributed by atoms with Crippen molar-refractivity contribution >= 4 is 43.5 Å². The molecule has 21 heavy (non-hydrogen) atoms. The summed E-state index contributed by atoms with van der Waals surface area (Å²) in [5.41, 5.74) is 3.93. The Morgan fingerprint density at radius 2 is 1.76 bits per heavy atom. The summed E-state index contributed by atoms with van der Waals surface area (Å²) in [4.78, 5) is 10.3. The van der Waals surface area contributed by atoms with Crippen molar-refractivity contribution in [3.8, 4) is 0 Å². The molecule has 6 nitrogen and oxygen atoms in total. The Kier molecular flexibility index (Phi) is 4.82. The van der Waals surface area contributed by atoms with Crippen LogP contribution in [-0.2, 0) is 10.0 Å². The first-order valence-electron chi connectivity index (χ1n) is 5.83. The van der Waals surface area contributed by atoms with Gasteiger partial charge in [-0.25, -0.2) is 18.4 Å². The zero-order valence-electron chi connectivity index (χ0n) is 11.2. The summed E-state index contributed by atoms with van der Waals surface area (Å²) in [6, 6.07) is 6.28. The smallest absolute Gasteiger partial charge is 0.258 e. The van der Waals surface area contributed by atoms with E-state index in [1.807, 2.05) is 0 Å². The van der Waals surface area contributed by atoms with E-state index in [2.05, 4.69) is 36.2 Å². The van der Waals surface area contributed by atoms with Crippen LogP contribution in [0.3, 0.4) is 0 Å². The maximum Gasteiger partial charge on any atom is 0.258 e. The molecule has 0 radical (unpaired) electrons. The van der Waals surface area contributed by atoms with Gasteiger partial charge in [0.05, 0.1) is 5.02 Å². The van der Waals surface area contributed by atoms with E-state index in [1.54, 1.807) is 26.0 Å². The predicted molar refractivity (Wildman–Crippen MR) is 84.6 cm³/mol. The van der Waals surface area contributed by atoms with Gasteiger partial charge in [0, 0.05) is 15.9 Å². The fraction of sp³-hybridized carbons (Fsp3) is 0.167. The Hall–Kier alpha value is -1.22. The van der Waals surface area contributed by atoms with Gasteiger partial charge in [-0.15, -0.1) is 4.83 Å². The van der Waals surface area contributed by atoms with E-state index in [-0.39, 0.29) is 15.9 Å². The second kappa shape index (κ2) is 6.27. The van der Waals surface area contributed by atoms with E-state index in [1.165, 1.54) is 12.1 Å². The normalized spacial score (nSPS) is 11.4. The second-order valence-electron chi connectivity index (χ2n) is 4.28. The summed E-state index contributed by atoms with van der Waals surface area (Å²) in [6.07, 6.45) is 0. The van der Waals surface area contributed by atoms with Crippen LogP contribution in [-0.4, -0.2) is 18.4 Å². The van der Waals surface area contributed by atoms with Gasteiger partial charge in [0.25, 0.3) is 10.0 Å². The molecule has 0 saturated heterocycles. The van der Waals surface area contributed by atoms with Gasteiger partial charge in [-0.1, -0.05) is 27.5 Å². The van der Waals surface area contributed by atoms with Crippen molar-refractivity contribution in [3.05, 3.63) is 45.1 Å². The molecule has 112 valence electrons. The third-order valence-corrected chi connectivity index (χ3v) is 4.69. The molecular weight excluding hydrogens is 380 g/mol. The molecule has 0 aliphatic carbocycles. The third-order valence-electron chi connectivity index (χ3n) is 2.46. The molecule has 0 aliphatic rings. The molecular formula is C12H12BrClN4O2S. The van der Waals surface area contributed by atoms with E-state index in [9.17, 15) is 8.42 Å². The molecule has 9 heteroatoms. The molecule has 0 saturated carbocycles. The molecule has 2 N–H and O–H groups in total. The minimum Gasteiger partial charge on any atom is -0.276 e. The summed E-state index contributed by atoms with van der Waals surface area (Å²) in [6.45, 7) is 3.58. The number of benzene rings is 1. The van der Waals surface area contributed by atoms with Crippen molar-refractivity contribution in [2.45, 2.75) is 18.7 Å². The SMILES string of the molecule is Cc1cc(C)nc(NNS(=O)(=O)c2ccc(Br)cc2Cl)n1. The average Bonchev–Trinajstić information content (AvgIpc) is 2.35. The molecule has 0 spiro atoms. The Morgan fingerprint density at radius 1 is 1.14 bits per heavy atom. The van der Waals surface area contributed by atoms with E-state index in [0.717, 1.165) is 11.4 Å². The number of hydrazine groups is 1. The molecule has 1 aromatic carbocycles. The van der Waals surface area contributed by atoms with Gasteiger partial charge in [-0.3, -0.25) is 5.43 Å². The maximum atomic E-state index is 12.2. The van der Waals surface area contributed by atoms with Crippen LogP contribution in [0.15, 0.2) is 33.6 Å². The van der Waals surface area contributed by atoms with Crippen LogP contribution in [0.2, 0.25) is 5.02 Å². The van der Waals surface area contributed by atoms with E-state index >= 15 is 0 Å². The Labute approximate surface area is 136 Å². The lowest BCUT2D eigenvalue weighted by Crippen LogP contribution is -2.30. The van der Waals surface area contributed by atoms with E-state index in [0.29, 0.717) is 4.47 Å². The number of sulfonamides is 1. The lowest BCUT2D eigenvalue weighted by Gasteiger charge is -2.10. The molecule has 1 heterocycles. The average molecular weight is 392 g/mol. The maximum absolute atomic E-state index is 12.2. The molecule has 0 amide bonds. The number of hydrogen-bond donors (Lipinski definition) is 2. The van der Waals surface area contributed by atoms with Crippen LogP contribution in [0, 0.1) is 13.8 Å². The molecule has 2 aromatic rings. The number of aromatic nitrogens is 2. The fourth-order valence-corrected chi connectivity index (χ4v) is 3.52. The number of nitrogens with zero attached hydrogens (tertiary/aromatic N) is 2. The highest BCUT2D eigenvalue weighted by atomic mass is 79.9. The van der Waals surface area contributed by atoms with Crippen LogP contribution in [0.5, 0.6) is 0 Å². The van der Waals surface area contributed by atoms with Crippen molar-refractivity contribution in [3.63, 3.8) is 0 Å². The van der Waals surface area contributed by atoms with E-state index < -0.39 is 10.0 Å². The largest absolute Gasteiger partial charge is 0.276 e. The highest BCUT2D eigenvalue weighted by Crippen LogP contribution is 2.24. The van der Waals surface area contributed by atoms with E-state index in [4.69, 9.17) is 11.6 Å². The first kappa shape index (κ1) is 16.2. The van der Waals surface area contributed by atoms with Crippen molar-refractivity contribution < 1.29 is 8.42 Å². The van der Waals surface area contributed by atoms with Crippen LogP contribution in [0.4, 0.5) is 5.95 Å². The van der Waals surface area contributed by atoms with Gasteiger partial charge in [-0.05, 0) is 38.1 Å². The standard InChI is InChI=1S/C12H12BrClN4O2S/c1-7-5-8(2)16-12(15-7)17-18-21(19,20)11-4-3-9(13)6-10(11)14/h3-6,18H,1-2H3,(H,15,16,17). The van der Waals surface area contributed by atoms with Crippen molar-refractivity contribution in [2.24, 2.45) is 0 Å². The van der Waals surface area contributed by atoms with Gasteiger partial charge in [0.2, 0.25) is 5.95 Å². The van der Waals surface area contributed by atoms with Crippen molar-refractivity contribution in [1.82, 2.24) is 14.8 Å². The fourth-order valence-electron chi connectivity index (χ4n) is 1.64. The lowest BCUT2D eigenvalue weighted by atomic mass is 10.4. The molecule has 0 aliphatic heterocycles. The van der Waals surface area contributed by atoms with Gasteiger partial charge < -0.3 is 0 Å². The number of hydrogen-bond acceptors (Lipinski definition) is 5. The highest BCUT2D eigenvalue weighted by Gasteiger charge is 2.18. The number of anilines is 1. The Bertz CT molecular complexity index is 763.